The van der Waals surface area contributed by atoms with Gasteiger partial charge in [0.2, 0.25) is 0 Å². The monoisotopic (exact) mass is 222 g/mol. The third kappa shape index (κ3) is 2.08. The molecule has 0 heterocycles. The normalized spacial score (nSPS) is 29.7. The number of rotatable bonds is 3. The summed E-state index contributed by atoms with van der Waals surface area (Å²) >= 11 is 0. The quantitative estimate of drug-likeness (QED) is 0.418. The third-order valence-corrected chi connectivity index (χ3v) is 3.04. The van der Waals surface area contributed by atoms with Crippen molar-refractivity contribution in [3.8, 4) is 0 Å². The molecule has 0 aromatic heterocycles. The summed E-state index contributed by atoms with van der Waals surface area (Å²) in [5.41, 5.74) is -1.06. The Balaban J connectivity index is 3.06. The second-order valence-electron chi connectivity index (χ2n) is 4.06. The molecule has 0 saturated heterocycles. The van der Waals surface area contributed by atoms with Gasteiger partial charge in [-0.1, -0.05) is 18.2 Å². The minimum atomic E-state index is -1.06. The predicted molar refractivity (Wildman–Crippen MR) is 61.8 cm³/mol. The highest BCUT2D eigenvalue weighted by atomic mass is 16.5. The molecule has 0 saturated carbocycles. The molecule has 0 amide bonds. The second kappa shape index (κ2) is 5.10. The summed E-state index contributed by atoms with van der Waals surface area (Å²) in [6.07, 6.45) is 7.77. The van der Waals surface area contributed by atoms with Crippen LogP contribution in [0.3, 0.4) is 0 Å². The first-order chi connectivity index (χ1) is 7.57. The molecule has 0 N–H and O–H groups in total. The first-order valence-electron chi connectivity index (χ1n) is 5.58. The van der Waals surface area contributed by atoms with Crippen molar-refractivity contribution >= 4 is 11.8 Å². The van der Waals surface area contributed by atoms with Gasteiger partial charge in [0, 0.05) is 5.92 Å². The van der Waals surface area contributed by atoms with Crippen molar-refractivity contribution in [2.24, 2.45) is 11.3 Å². The highest BCUT2D eigenvalue weighted by Crippen LogP contribution is 2.37. The highest BCUT2D eigenvalue weighted by Gasteiger charge is 2.47. The van der Waals surface area contributed by atoms with E-state index >= 15 is 0 Å². The van der Waals surface area contributed by atoms with E-state index in [1.165, 1.54) is 6.08 Å². The number of hydrogen-bond donors (Lipinski definition) is 0. The summed E-state index contributed by atoms with van der Waals surface area (Å²) < 4.78 is 5.00. The Bertz CT molecular complexity index is 341. The Kier molecular flexibility index (Phi) is 4.05. The number of ether oxygens (including phenoxy) is 1. The van der Waals surface area contributed by atoms with Crippen LogP contribution in [0.15, 0.2) is 24.3 Å². The van der Waals surface area contributed by atoms with E-state index in [0.29, 0.717) is 13.0 Å². The van der Waals surface area contributed by atoms with Crippen LogP contribution in [0, 0.1) is 11.3 Å². The maximum absolute atomic E-state index is 11.9. The molecule has 0 aromatic carbocycles. The standard InChI is InChI=1S/C13H18O3/c1-4-7-10-8-6-9-11(14)13(10,3)12(15)16-5-2/h4,6-7,9-10H,5,8H2,1-3H3/b7-4+/t10-,13-/m0/s1. The maximum Gasteiger partial charge on any atom is 0.320 e. The lowest BCUT2D eigenvalue weighted by molar-refractivity contribution is -0.160. The zero-order valence-corrected chi connectivity index (χ0v) is 10.0. The van der Waals surface area contributed by atoms with Crippen LogP contribution < -0.4 is 0 Å². The molecule has 16 heavy (non-hydrogen) atoms. The highest BCUT2D eigenvalue weighted by molar-refractivity contribution is 6.10. The molecular formula is C13H18O3. The average molecular weight is 222 g/mol. The number of esters is 1. The van der Waals surface area contributed by atoms with Crippen LogP contribution in [0.5, 0.6) is 0 Å². The van der Waals surface area contributed by atoms with E-state index in [2.05, 4.69) is 0 Å². The van der Waals surface area contributed by atoms with Crippen LogP contribution >= 0.6 is 0 Å². The van der Waals surface area contributed by atoms with Crippen LogP contribution in [-0.2, 0) is 14.3 Å². The van der Waals surface area contributed by atoms with E-state index in [9.17, 15) is 9.59 Å². The van der Waals surface area contributed by atoms with Gasteiger partial charge in [-0.2, -0.15) is 0 Å². The summed E-state index contributed by atoms with van der Waals surface area (Å²) in [5.74, 6) is -0.693. The molecule has 1 rings (SSSR count). The molecular weight excluding hydrogens is 204 g/mol. The Morgan fingerprint density at radius 3 is 2.94 bits per heavy atom. The van der Waals surface area contributed by atoms with E-state index in [-0.39, 0.29) is 11.7 Å². The first kappa shape index (κ1) is 12.7. The fourth-order valence-corrected chi connectivity index (χ4v) is 1.95. The minimum absolute atomic E-state index is 0.103. The Morgan fingerprint density at radius 2 is 2.38 bits per heavy atom. The molecule has 0 unspecified atom stereocenters. The molecule has 0 aliphatic heterocycles. The Morgan fingerprint density at radius 1 is 1.69 bits per heavy atom. The Hall–Kier alpha value is -1.38. The van der Waals surface area contributed by atoms with Crippen molar-refractivity contribution in [2.45, 2.75) is 27.2 Å². The van der Waals surface area contributed by atoms with Crippen molar-refractivity contribution in [3.63, 3.8) is 0 Å². The lowest BCUT2D eigenvalue weighted by atomic mass is 9.69. The SMILES string of the molecule is C/C=C/[C@H]1CC=CC(=O)[C@@]1(C)C(=O)OCC. The molecule has 3 nitrogen and oxygen atoms in total. The fraction of sp³-hybridized carbons (Fsp3) is 0.538. The van der Waals surface area contributed by atoms with E-state index in [1.54, 1.807) is 13.8 Å². The van der Waals surface area contributed by atoms with Gasteiger partial charge in [-0.15, -0.1) is 0 Å². The third-order valence-electron chi connectivity index (χ3n) is 3.04. The smallest absolute Gasteiger partial charge is 0.320 e. The van der Waals surface area contributed by atoms with Gasteiger partial charge >= 0.3 is 5.97 Å². The zero-order chi connectivity index (χ0) is 12.2. The van der Waals surface area contributed by atoms with Gasteiger partial charge in [0.1, 0.15) is 5.41 Å². The molecule has 0 radical (unpaired) electrons. The van der Waals surface area contributed by atoms with Gasteiger partial charge in [-0.25, -0.2) is 0 Å². The average Bonchev–Trinajstić information content (AvgIpc) is 2.25. The molecule has 0 bridgehead atoms. The van der Waals surface area contributed by atoms with E-state index in [1.807, 2.05) is 25.2 Å². The van der Waals surface area contributed by atoms with Crippen molar-refractivity contribution in [3.05, 3.63) is 24.3 Å². The molecule has 3 heteroatoms. The van der Waals surface area contributed by atoms with Gasteiger partial charge in [-0.05, 0) is 33.3 Å². The first-order valence-corrected chi connectivity index (χ1v) is 5.58. The number of ketones is 1. The lowest BCUT2D eigenvalue weighted by Crippen LogP contribution is -2.44. The van der Waals surface area contributed by atoms with Gasteiger partial charge < -0.3 is 4.74 Å². The van der Waals surface area contributed by atoms with Crippen LogP contribution in [0.2, 0.25) is 0 Å². The van der Waals surface area contributed by atoms with Gasteiger partial charge in [0.25, 0.3) is 0 Å². The zero-order valence-electron chi connectivity index (χ0n) is 10.0. The Labute approximate surface area is 96.2 Å². The topological polar surface area (TPSA) is 43.4 Å². The minimum Gasteiger partial charge on any atom is -0.465 e. The van der Waals surface area contributed by atoms with E-state index in [0.717, 1.165) is 0 Å². The fourth-order valence-electron chi connectivity index (χ4n) is 1.95. The van der Waals surface area contributed by atoms with Gasteiger partial charge in [-0.3, -0.25) is 9.59 Å². The van der Waals surface area contributed by atoms with Crippen LogP contribution in [0.25, 0.3) is 0 Å². The molecule has 88 valence electrons. The molecule has 0 aromatic rings. The molecule has 2 atom stereocenters. The maximum atomic E-state index is 11.9. The van der Waals surface area contributed by atoms with E-state index < -0.39 is 11.4 Å². The summed E-state index contributed by atoms with van der Waals surface area (Å²) in [6, 6.07) is 0. The number of carbonyl (C=O) groups is 2. The number of hydrogen-bond acceptors (Lipinski definition) is 3. The summed E-state index contributed by atoms with van der Waals surface area (Å²) in [4.78, 5) is 23.8. The molecule has 1 aliphatic rings. The van der Waals surface area contributed by atoms with Gasteiger partial charge in [0.15, 0.2) is 5.78 Å². The molecule has 0 spiro atoms. The molecule has 0 fully saturated rings. The second-order valence-corrected chi connectivity index (χ2v) is 4.06. The lowest BCUT2D eigenvalue weighted by Gasteiger charge is -2.33. The van der Waals surface area contributed by atoms with Crippen molar-refractivity contribution < 1.29 is 14.3 Å². The van der Waals surface area contributed by atoms with Crippen molar-refractivity contribution in [2.75, 3.05) is 6.61 Å². The summed E-state index contributed by atoms with van der Waals surface area (Å²) in [7, 11) is 0. The van der Waals surface area contributed by atoms with Crippen LogP contribution in [0.1, 0.15) is 27.2 Å². The van der Waals surface area contributed by atoms with E-state index in [4.69, 9.17) is 4.74 Å². The van der Waals surface area contributed by atoms with Crippen LogP contribution in [-0.4, -0.2) is 18.4 Å². The summed E-state index contributed by atoms with van der Waals surface area (Å²) in [6.45, 7) is 5.60. The van der Waals surface area contributed by atoms with Crippen molar-refractivity contribution in [1.29, 1.82) is 0 Å². The molecule has 1 aliphatic carbocycles. The van der Waals surface area contributed by atoms with Crippen molar-refractivity contribution in [1.82, 2.24) is 0 Å². The predicted octanol–water partition coefficient (Wildman–Crippen LogP) is 2.28. The largest absolute Gasteiger partial charge is 0.465 e. The number of allylic oxidation sites excluding steroid dienone is 4. The van der Waals surface area contributed by atoms with Gasteiger partial charge in [0.05, 0.1) is 6.61 Å². The van der Waals surface area contributed by atoms with Crippen LogP contribution in [0.4, 0.5) is 0 Å². The summed E-state index contributed by atoms with van der Waals surface area (Å²) in [5, 5.41) is 0. The number of carbonyl (C=O) groups excluding carboxylic acids is 2.